The van der Waals surface area contributed by atoms with Gasteiger partial charge in [0.2, 0.25) is 0 Å². The smallest absolute Gasteiger partial charge is 0.184 e. The van der Waals surface area contributed by atoms with Crippen molar-refractivity contribution < 1.29 is 14.6 Å². The van der Waals surface area contributed by atoms with Gasteiger partial charge in [-0.3, -0.25) is 4.79 Å². The number of hydrogen-bond acceptors (Lipinski definition) is 3. The van der Waals surface area contributed by atoms with Gasteiger partial charge >= 0.3 is 0 Å². The molecule has 0 saturated heterocycles. The highest BCUT2D eigenvalue weighted by Gasteiger charge is 2.65. The van der Waals surface area contributed by atoms with Gasteiger partial charge in [0, 0.05) is 12.5 Å². The van der Waals surface area contributed by atoms with Gasteiger partial charge in [0.1, 0.15) is 11.7 Å². The molecule has 1 unspecified atom stereocenters. The second-order valence-corrected chi connectivity index (χ2v) is 5.75. The molecule has 3 atom stereocenters. The van der Waals surface area contributed by atoms with Crippen LogP contribution in [0, 0.1) is 23.7 Å². The molecule has 0 aliphatic heterocycles. The first-order valence-corrected chi connectivity index (χ1v) is 6.55. The third-order valence-electron chi connectivity index (χ3n) is 5.01. The lowest BCUT2D eigenvalue weighted by Crippen LogP contribution is -2.50. The Kier molecular flexibility index (Phi) is 2.45. The van der Waals surface area contributed by atoms with Crippen LogP contribution in [0.15, 0.2) is 11.6 Å². The monoisotopic (exact) mass is 246 g/mol. The predicted molar refractivity (Wildman–Crippen MR) is 66.7 cm³/mol. The van der Waals surface area contributed by atoms with Gasteiger partial charge in [0.25, 0.3) is 0 Å². The first-order valence-electron chi connectivity index (χ1n) is 6.55. The van der Waals surface area contributed by atoms with Crippen LogP contribution in [0.3, 0.4) is 0 Å². The molecule has 18 heavy (non-hydrogen) atoms. The van der Waals surface area contributed by atoms with Crippen LogP contribution >= 0.6 is 0 Å². The second-order valence-electron chi connectivity index (χ2n) is 5.75. The highest BCUT2D eigenvalue weighted by molar-refractivity contribution is 5.96. The maximum Gasteiger partial charge on any atom is 0.184 e. The molecule has 2 fully saturated rings. The quantitative estimate of drug-likeness (QED) is 0.750. The average Bonchev–Trinajstić information content (AvgIpc) is 3.17. The number of terminal acetylenes is 1. The van der Waals surface area contributed by atoms with E-state index >= 15 is 0 Å². The Morgan fingerprint density at radius 3 is 2.83 bits per heavy atom. The van der Waals surface area contributed by atoms with E-state index in [1.165, 1.54) is 0 Å². The number of fused-ring (bicyclic) bond motifs is 1. The molecular weight excluding hydrogens is 228 g/mol. The molecule has 0 aromatic heterocycles. The minimum Gasteiger partial charge on any atom is -0.377 e. The van der Waals surface area contributed by atoms with E-state index < -0.39 is 17.1 Å². The van der Waals surface area contributed by atoms with Gasteiger partial charge in [0.05, 0.1) is 0 Å². The van der Waals surface area contributed by atoms with Crippen molar-refractivity contribution in [3.8, 4) is 12.3 Å². The van der Waals surface area contributed by atoms with Crippen molar-refractivity contribution in [2.24, 2.45) is 11.3 Å². The highest BCUT2D eigenvalue weighted by atomic mass is 16.5. The Hall–Kier alpha value is -1.11. The second kappa shape index (κ2) is 3.69. The summed E-state index contributed by atoms with van der Waals surface area (Å²) >= 11 is 0. The number of hydrogen-bond donors (Lipinski definition) is 1. The van der Waals surface area contributed by atoms with Crippen molar-refractivity contribution in [3.63, 3.8) is 0 Å². The Bertz CT molecular complexity index is 469. The van der Waals surface area contributed by atoms with Crippen LogP contribution in [0.2, 0.25) is 0 Å². The van der Waals surface area contributed by atoms with Crippen molar-refractivity contribution in [1.29, 1.82) is 0 Å². The van der Waals surface area contributed by atoms with Crippen molar-refractivity contribution in [1.82, 2.24) is 0 Å². The van der Waals surface area contributed by atoms with Crippen LogP contribution in [0.25, 0.3) is 0 Å². The largest absolute Gasteiger partial charge is 0.377 e. The minimum absolute atomic E-state index is 0.0186. The molecule has 3 rings (SSSR count). The normalized spacial score (nSPS) is 43.3. The predicted octanol–water partition coefficient (Wildman–Crippen LogP) is 1.46. The summed E-state index contributed by atoms with van der Waals surface area (Å²) in [5.41, 5.74) is -0.447. The van der Waals surface area contributed by atoms with Gasteiger partial charge in [-0.1, -0.05) is 11.5 Å². The lowest BCUT2D eigenvalue weighted by atomic mass is 9.62. The summed E-state index contributed by atoms with van der Waals surface area (Å²) in [5.74, 6) is 3.04. The van der Waals surface area contributed by atoms with Crippen molar-refractivity contribution >= 4 is 5.78 Å². The maximum atomic E-state index is 11.9. The van der Waals surface area contributed by atoms with Crippen LogP contribution in [-0.2, 0) is 9.53 Å². The van der Waals surface area contributed by atoms with Gasteiger partial charge in [-0.2, -0.15) is 0 Å². The summed E-state index contributed by atoms with van der Waals surface area (Å²) in [4.78, 5) is 11.9. The molecule has 96 valence electrons. The van der Waals surface area contributed by atoms with Crippen LogP contribution < -0.4 is 0 Å². The molecule has 0 aromatic rings. The van der Waals surface area contributed by atoms with E-state index in [-0.39, 0.29) is 5.78 Å². The fraction of sp³-hybridized carbons (Fsp3) is 0.667. The first kappa shape index (κ1) is 12.0. The molecule has 0 spiro atoms. The number of rotatable bonds is 2. The summed E-state index contributed by atoms with van der Waals surface area (Å²) in [6.07, 6.45) is 10.8. The number of ketones is 1. The van der Waals surface area contributed by atoms with Crippen molar-refractivity contribution in [3.05, 3.63) is 11.6 Å². The van der Waals surface area contributed by atoms with Gasteiger partial charge in [-0.05, 0) is 44.1 Å². The zero-order valence-electron chi connectivity index (χ0n) is 10.6. The molecule has 0 aromatic carbocycles. The molecule has 0 heterocycles. The summed E-state index contributed by atoms with van der Waals surface area (Å²) in [7, 11) is 1.55. The molecule has 0 amide bonds. The highest BCUT2D eigenvalue weighted by Crippen LogP contribution is 2.65. The molecule has 0 bridgehead atoms. The van der Waals surface area contributed by atoms with E-state index in [9.17, 15) is 9.90 Å². The number of carbonyl (C=O) groups excluding carboxylic acids is 1. The molecular formula is C15H18O3. The first-order chi connectivity index (χ1) is 8.57. The van der Waals surface area contributed by atoms with E-state index in [1.54, 1.807) is 13.2 Å². The minimum atomic E-state index is -1.10. The van der Waals surface area contributed by atoms with E-state index in [0.717, 1.165) is 24.8 Å². The summed E-state index contributed by atoms with van der Waals surface area (Å²) in [6, 6.07) is 0. The van der Waals surface area contributed by atoms with Crippen molar-refractivity contribution in [2.45, 2.75) is 43.8 Å². The van der Waals surface area contributed by atoms with Gasteiger partial charge in [0.15, 0.2) is 5.78 Å². The number of carbonyl (C=O) groups is 1. The Morgan fingerprint density at radius 1 is 1.56 bits per heavy atom. The molecule has 3 aliphatic carbocycles. The zero-order chi connectivity index (χ0) is 13.0. The average molecular weight is 246 g/mol. The standard InChI is InChI=1S/C15H18O3/c1-3-14(17)7-6-11-8-12(16)13(18-2)9-15(11,14)10-4-5-10/h1,8,10,13,17H,4-7,9H2,2H3/t13?,14-,15+/m0/s1. The summed E-state index contributed by atoms with van der Waals surface area (Å²) in [5, 5.41) is 10.8. The summed E-state index contributed by atoms with van der Waals surface area (Å²) in [6.45, 7) is 0. The molecule has 2 saturated carbocycles. The van der Waals surface area contributed by atoms with Gasteiger partial charge in [-0.25, -0.2) is 0 Å². The maximum absolute atomic E-state index is 11.9. The number of ether oxygens (including phenoxy) is 1. The van der Waals surface area contributed by atoms with Crippen molar-refractivity contribution in [2.75, 3.05) is 7.11 Å². The van der Waals surface area contributed by atoms with E-state index in [1.807, 2.05) is 0 Å². The third kappa shape index (κ3) is 1.31. The SMILES string of the molecule is C#C[C@]1(O)CCC2=CC(=O)C(OC)C[C@@]21C1CC1. The Morgan fingerprint density at radius 2 is 2.28 bits per heavy atom. The van der Waals surface area contributed by atoms with Crippen LogP contribution in [-0.4, -0.2) is 29.7 Å². The van der Waals surface area contributed by atoms with Crippen LogP contribution in [0.4, 0.5) is 0 Å². The lowest BCUT2D eigenvalue weighted by Gasteiger charge is -2.44. The van der Waals surface area contributed by atoms with E-state index in [2.05, 4.69) is 5.92 Å². The summed E-state index contributed by atoms with van der Waals surface area (Å²) < 4.78 is 5.28. The molecule has 0 radical (unpaired) electrons. The number of aliphatic hydroxyl groups is 1. The third-order valence-corrected chi connectivity index (χ3v) is 5.01. The lowest BCUT2D eigenvalue weighted by molar-refractivity contribution is -0.130. The Labute approximate surface area is 107 Å². The van der Waals surface area contributed by atoms with Crippen LogP contribution in [0.1, 0.15) is 32.1 Å². The topological polar surface area (TPSA) is 46.5 Å². The molecule has 1 N–H and O–H groups in total. The fourth-order valence-corrected chi connectivity index (χ4v) is 3.93. The number of methoxy groups -OCH3 is 1. The van der Waals surface area contributed by atoms with Gasteiger partial charge in [-0.15, -0.1) is 6.42 Å². The van der Waals surface area contributed by atoms with E-state index in [4.69, 9.17) is 11.2 Å². The molecule has 3 heteroatoms. The fourth-order valence-electron chi connectivity index (χ4n) is 3.93. The molecule has 3 aliphatic rings. The zero-order valence-corrected chi connectivity index (χ0v) is 10.6. The van der Waals surface area contributed by atoms with Gasteiger partial charge < -0.3 is 9.84 Å². The van der Waals surface area contributed by atoms with E-state index in [0.29, 0.717) is 18.8 Å². The molecule has 3 nitrogen and oxygen atoms in total. The Balaban J connectivity index is 2.12. The van der Waals surface area contributed by atoms with Crippen LogP contribution in [0.5, 0.6) is 0 Å².